The summed E-state index contributed by atoms with van der Waals surface area (Å²) in [5.41, 5.74) is 0.839. The van der Waals surface area contributed by atoms with E-state index in [9.17, 15) is 14.4 Å². The summed E-state index contributed by atoms with van der Waals surface area (Å²) < 4.78 is 0. The van der Waals surface area contributed by atoms with Gasteiger partial charge >= 0.3 is 0 Å². The largest absolute Gasteiger partial charge is 0.344 e. The summed E-state index contributed by atoms with van der Waals surface area (Å²) in [6, 6.07) is 0. The zero-order valence-corrected chi connectivity index (χ0v) is 15.4. The molecule has 0 radical (unpaired) electrons. The number of carbonyl (C=O) groups excluding carboxylic acids is 3. The molecule has 1 aliphatic rings. The molecule has 0 atom stereocenters. The summed E-state index contributed by atoms with van der Waals surface area (Å²) in [5.74, 6) is -0.922. The highest BCUT2D eigenvalue weighted by Crippen LogP contribution is 2.25. The molecule has 0 spiro atoms. The van der Waals surface area contributed by atoms with Gasteiger partial charge in [-0.1, -0.05) is 11.3 Å². The van der Waals surface area contributed by atoms with E-state index in [2.05, 4.69) is 20.3 Å². The van der Waals surface area contributed by atoms with Gasteiger partial charge in [-0.25, -0.2) is 9.97 Å². The van der Waals surface area contributed by atoms with Gasteiger partial charge in [-0.05, 0) is 6.92 Å². The van der Waals surface area contributed by atoms with Crippen LogP contribution < -0.4 is 5.32 Å². The predicted molar refractivity (Wildman–Crippen MR) is 94.9 cm³/mol. The number of nitrogens with one attached hydrogen (secondary N) is 1. The number of aryl methyl sites for hydroxylation is 1. The van der Waals surface area contributed by atoms with Gasteiger partial charge in [-0.15, -0.1) is 0 Å². The summed E-state index contributed by atoms with van der Waals surface area (Å²) in [6.07, 6.45) is 4.35. The summed E-state index contributed by atoms with van der Waals surface area (Å²) >= 11 is 1.15. The Labute approximate surface area is 154 Å². The van der Waals surface area contributed by atoms with Crippen LogP contribution in [0.15, 0.2) is 18.6 Å². The first kappa shape index (κ1) is 17.9. The molecule has 0 bridgehead atoms. The zero-order chi connectivity index (χ0) is 18.8. The van der Waals surface area contributed by atoms with Crippen molar-refractivity contribution in [2.75, 3.05) is 32.5 Å². The molecule has 0 saturated carbocycles. The Kier molecular flexibility index (Phi) is 4.94. The second-order valence-electron chi connectivity index (χ2n) is 6.12. The molecular formula is C16H18N6O3S. The molecule has 1 saturated heterocycles. The van der Waals surface area contributed by atoms with Gasteiger partial charge in [0.25, 0.3) is 11.8 Å². The predicted octanol–water partition coefficient (Wildman–Crippen LogP) is 0.654. The lowest BCUT2D eigenvalue weighted by Gasteiger charge is -2.37. The van der Waals surface area contributed by atoms with Crippen molar-refractivity contribution in [3.63, 3.8) is 0 Å². The first-order chi connectivity index (χ1) is 12.4. The normalized spacial score (nSPS) is 13.9. The van der Waals surface area contributed by atoms with Crippen molar-refractivity contribution in [1.29, 1.82) is 0 Å². The monoisotopic (exact) mass is 374 g/mol. The first-order valence-electron chi connectivity index (χ1n) is 7.92. The fraction of sp³-hybridized carbons (Fsp3) is 0.375. The number of likely N-dealkylation sites (tertiary alicyclic amines) is 1. The van der Waals surface area contributed by atoms with Crippen LogP contribution >= 0.6 is 11.3 Å². The molecule has 0 aromatic carbocycles. The maximum Gasteiger partial charge on any atom is 0.274 e. The summed E-state index contributed by atoms with van der Waals surface area (Å²) in [4.78, 5) is 52.1. The number of anilines is 1. The number of carbonyl (C=O) groups is 3. The molecule has 26 heavy (non-hydrogen) atoms. The Morgan fingerprint density at radius 1 is 1.27 bits per heavy atom. The summed E-state index contributed by atoms with van der Waals surface area (Å²) in [7, 11) is 3.33. The Hall–Kier alpha value is -2.88. The Morgan fingerprint density at radius 2 is 2.00 bits per heavy atom. The highest BCUT2D eigenvalue weighted by atomic mass is 32.1. The first-order valence-corrected chi connectivity index (χ1v) is 8.73. The van der Waals surface area contributed by atoms with Crippen LogP contribution in [-0.4, -0.2) is 69.7 Å². The Bertz CT molecular complexity index is 845. The van der Waals surface area contributed by atoms with E-state index in [1.807, 2.05) is 0 Å². The van der Waals surface area contributed by atoms with Crippen molar-refractivity contribution in [3.05, 3.63) is 34.9 Å². The quantitative estimate of drug-likeness (QED) is 0.842. The number of aromatic nitrogens is 3. The SMILES string of the molecule is Cc1nc(NC(=O)C2CN(C(=O)c3cnccn3)C2)sc1C(=O)N(C)C. The summed E-state index contributed by atoms with van der Waals surface area (Å²) in [6.45, 7) is 2.36. The molecule has 1 aliphatic heterocycles. The molecular weight excluding hydrogens is 356 g/mol. The average Bonchev–Trinajstić information content (AvgIpc) is 2.93. The minimum absolute atomic E-state index is 0.148. The highest BCUT2D eigenvalue weighted by molar-refractivity contribution is 7.17. The smallest absolute Gasteiger partial charge is 0.274 e. The summed E-state index contributed by atoms with van der Waals surface area (Å²) in [5, 5.41) is 3.12. The minimum Gasteiger partial charge on any atom is -0.344 e. The molecule has 136 valence electrons. The van der Waals surface area contributed by atoms with E-state index in [0.717, 1.165) is 11.3 Å². The Morgan fingerprint density at radius 3 is 2.62 bits per heavy atom. The third-order valence-electron chi connectivity index (χ3n) is 3.95. The van der Waals surface area contributed by atoms with Gasteiger partial charge < -0.3 is 15.1 Å². The number of amides is 3. The van der Waals surface area contributed by atoms with Crippen LogP contribution in [0.5, 0.6) is 0 Å². The lowest BCUT2D eigenvalue weighted by molar-refractivity contribution is -0.123. The van der Waals surface area contributed by atoms with Gasteiger partial charge in [-0.2, -0.15) is 0 Å². The lowest BCUT2D eigenvalue weighted by Crippen LogP contribution is -2.54. The van der Waals surface area contributed by atoms with E-state index in [0.29, 0.717) is 28.8 Å². The van der Waals surface area contributed by atoms with Crippen molar-refractivity contribution in [2.45, 2.75) is 6.92 Å². The fourth-order valence-corrected chi connectivity index (χ4v) is 3.43. The van der Waals surface area contributed by atoms with Crippen molar-refractivity contribution >= 4 is 34.2 Å². The number of nitrogens with zero attached hydrogens (tertiary/aromatic N) is 5. The van der Waals surface area contributed by atoms with Crippen molar-refractivity contribution in [2.24, 2.45) is 5.92 Å². The lowest BCUT2D eigenvalue weighted by atomic mass is 9.99. The van der Waals surface area contributed by atoms with E-state index in [1.165, 1.54) is 23.5 Å². The third-order valence-corrected chi connectivity index (χ3v) is 5.01. The van der Waals surface area contributed by atoms with Gasteiger partial charge in [-0.3, -0.25) is 19.4 Å². The molecule has 3 heterocycles. The molecule has 0 aliphatic carbocycles. The number of hydrogen-bond donors (Lipinski definition) is 1. The van der Waals surface area contributed by atoms with Crippen molar-refractivity contribution < 1.29 is 14.4 Å². The van der Waals surface area contributed by atoms with Gasteiger partial charge in [0.15, 0.2) is 5.13 Å². The molecule has 3 rings (SSSR count). The van der Waals surface area contributed by atoms with E-state index >= 15 is 0 Å². The van der Waals surface area contributed by atoms with Crippen LogP contribution in [0.4, 0.5) is 5.13 Å². The van der Waals surface area contributed by atoms with Crippen LogP contribution in [-0.2, 0) is 4.79 Å². The second kappa shape index (κ2) is 7.16. The van der Waals surface area contributed by atoms with Gasteiger partial charge in [0.2, 0.25) is 5.91 Å². The number of rotatable bonds is 4. The molecule has 9 nitrogen and oxygen atoms in total. The van der Waals surface area contributed by atoms with Gasteiger partial charge in [0.05, 0.1) is 17.8 Å². The van der Waals surface area contributed by atoms with Crippen molar-refractivity contribution in [3.8, 4) is 0 Å². The van der Waals surface area contributed by atoms with Crippen LogP contribution in [0, 0.1) is 12.8 Å². The van der Waals surface area contributed by atoms with Gasteiger partial charge in [0, 0.05) is 39.6 Å². The molecule has 2 aromatic rings. The third kappa shape index (κ3) is 3.54. The molecule has 3 amide bonds. The van der Waals surface area contributed by atoms with Crippen molar-refractivity contribution in [1.82, 2.24) is 24.8 Å². The maximum absolute atomic E-state index is 12.3. The average molecular weight is 374 g/mol. The number of thiazole rings is 1. The number of hydrogen-bond acceptors (Lipinski definition) is 7. The minimum atomic E-state index is -0.312. The molecule has 1 fully saturated rings. The molecule has 10 heteroatoms. The van der Waals surface area contributed by atoms with Crippen LogP contribution in [0.2, 0.25) is 0 Å². The molecule has 2 aromatic heterocycles. The topological polar surface area (TPSA) is 108 Å². The van der Waals surface area contributed by atoms with Crippen LogP contribution in [0.3, 0.4) is 0 Å². The maximum atomic E-state index is 12.3. The van der Waals surface area contributed by atoms with E-state index in [-0.39, 0.29) is 29.3 Å². The van der Waals surface area contributed by atoms with Crippen LogP contribution in [0.25, 0.3) is 0 Å². The van der Waals surface area contributed by atoms with E-state index in [1.54, 1.807) is 25.9 Å². The zero-order valence-electron chi connectivity index (χ0n) is 14.6. The van der Waals surface area contributed by atoms with Crippen LogP contribution in [0.1, 0.15) is 25.9 Å². The standard InChI is InChI=1S/C16H18N6O3S/c1-9-12(15(25)21(2)3)26-16(19-9)20-13(23)10-7-22(8-10)14(24)11-6-17-4-5-18-11/h4-6,10H,7-8H2,1-3H3,(H,19,20,23). The highest BCUT2D eigenvalue weighted by Gasteiger charge is 2.37. The molecule has 1 N–H and O–H groups in total. The van der Waals surface area contributed by atoms with E-state index in [4.69, 9.17) is 0 Å². The van der Waals surface area contributed by atoms with Gasteiger partial charge in [0.1, 0.15) is 10.6 Å². The molecule has 0 unspecified atom stereocenters. The van der Waals surface area contributed by atoms with E-state index < -0.39 is 0 Å². The second-order valence-corrected chi connectivity index (χ2v) is 7.12. The Balaban J connectivity index is 1.57. The fourth-order valence-electron chi connectivity index (χ4n) is 2.44.